The van der Waals surface area contributed by atoms with Gasteiger partial charge in [-0.15, -0.1) is 5.10 Å². The Balaban J connectivity index is 1.95. The van der Waals surface area contributed by atoms with E-state index in [1.165, 1.54) is 0 Å². The second-order valence-corrected chi connectivity index (χ2v) is 6.78. The van der Waals surface area contributed by atoms with Crippen molar-refractivity contribution >= 4 is 58.0 Å². The van der Waals surface area contributed by atoms with Crippen molar-refractivity contribution in [1.82, 2.24) is 25.2 Å². The van der Waals surface area contributed by atoms with Crippen molar-refractivity contribution in [3.63, 3.8) is 0 Å². The lowest BCUT2D eigenvalue weighted by molar-refractivity contribution is 0.102. The molecule has 0 atom stereocenters. The molecular weight excluding hydrogens is 422 g/mol. The average molecular weight is 432 g/mol. The van der Waals surface area contributed by atoms with Crippen LogP contribution >= 0.6 is 46.4 Å². The van der Waals surface area contributed by atoms with Gasteiger partial charge in [-0.2, -0.15) is 4.68 Å². The highest BCUT2D eigenvalue weighted by Gasteiger charge is 2.20. The summed E-state index contributed by atoms with van der Waals surface area (Å²) in [7, 11) is 0. The lowest BCUT2D eigenvalue weighted by Crippen LogP contribution is -2.15. The van der Waals surface area contributed by atoms with E-state index >= 15 is 0 Å². The summed E-state index contributed by atoms with van der Waals surface area (Å²) < 4.78 is 1.56. The third-order valence-electron chi connectivity index (χ3n) is 3.52. The predicted molar refractivity (Wildman–Crippen MR) is 101 cm³/mol. The van der Waals surface area contributed by atoms with Crippen LogP contribution < -0.4 is 5.32 Å². The van der Waals surface area contributed by atoms with Gasteiger partial charge < -0.3 is 5.32 Å². The number of pyridine rings is 1. The minimum atomic E-state index is -0.585. The van der Waals surface area contributed by atoms with Gasteiger partial charge in [0.15, 0.2) is 5.82 Å². The number of nitrogens with zero attached hydrogens (tertiary/aromatic N) is 5. The van der Waals surface area contributed by atoms with Crippen molar-refractivity contribution in [2.75, 3.05) is 5.32 Å². The zero-order valence-corrected chi connectivity index (χ0v) is 16.4. The van der Waals surface area contributed by atoms with Crippen LogP contribution in [0.25, 0.3) is 5.69 Å². The summed E-state index contributed by atoms with van der Waals surface area (Å²) in [4.78, 5) is 16.4. The van der Waals surface area contributed by atoms with Gasteiger partial charge in [-0.3, -0.25) is 4.79 Å². The van der Waals surface area contributed by atoms with Crippen molar-refractivity contribution in [2.24, 2.45) is 0 Å². The maximum absolute atomic E-state index is 12.5. The quantitative estimate of drug-likeness (QED) is 0.615. The van der Waals surface area contributed by atoms with Crippen LogP contribution in [0.4, 0.5) is 5.69 Å². The second kappa shape index (κ2) is 7.36. The van der Waals surface area contributed by atoms with E-state index in [2.05, 4.69) is 25.8 Å². The summed E-state index contributed by atoms with van der Waals surface area (Å²) in [6.07, 6.45) is 0. The van der Waals surface area contributed by atoms with Gasteiger partial charge in [0.1, 0.15) is 10.8 Å². The van der Waals surface area contributed by atoms with Gasteiger partial charge in [-0.05, 0) is 42.0 Å². The Hall–Kier alpha value is -1.93. The Bertz CT molecular complexity index is 1020. The Labute approximate surface area is 168 Å². The monoisotopic (exact) mass is 430 g/mol. The molecule has 3 rings (SSSR count). The van der Waals surface area contributed by atoms with Crippen LogP contribution in [0.3, 0.4) is 0 Å². The van der Waals surface area contributed by atoms with Gasteiger partial charge in [0.2, 0.25) is 0 Å². The number of carbonyl (C=O) groups excluding carboxylic acids is 1. The third kappa shape index (κ3) is 3.48. The number of benzene rings is 1. The minimum Gasteiger partial charge on any atom is -0.321 e. The van der Waals surface area contributed by atoms with Gasteiger partial charge in [0, 0.05) is 5.69 Å². The number of carbonyl (C=O) groups is 1. The Morgan fingerprint density at radius 3 is 2.46 bits per heavy atom. The molecule has 0 aliphatic carbocycles. The predicted octanol–water partition coefficient (Wildman–Crippen LogP) is 4.54. The first-order chi connectivity index (χ1) is 12.3. The van der Waals surface area contributed by atoms with Gasteiger partial charge >= 0.3 is 0 Å². The van der Waals surface area contributed by atoms with E-state index in [-0.39, 0.29) is 25.9 Å². The molecule has 0 fully saturated rings. The number of rotatable bonds is 3. The fourth-order valence-corrected chi connectivity index (χ4v) is 3.01. The van der Waals surface area contributed by atoms with Crippen molar-refractivity contribution in [3.05, 3.63) is 55.5 Å². The number of anilines is 1. The molecular formula is C15H10Cl4N6O. The summed E-state index contributed by atoms with van der Waals surface area (Å²) >= 11 is 23.8. The van der Waals surface area contributed by atoms with E-state index in [0.717, 1.165) is 11.3 Å². The van der Waals surface area contributed by atoms with E-state index in [1.807, 2.05) is 13.0 Å². The molecule has 0 saturated carbocycles. The molecule has 3 aromatic rings. The number of aromatic nitrogens is 5. The molecule has 1 N–H and O–H groups in total. The van der Waals surface area contributed by atoms with Crippen LogP contribution in [0, 0.1) is 13.8 Å². The molecule has 0 spiro atoms. The molecule has 7 nitrogen and oxygen atoms in total. The highest BCUT2D eigenvalue weighted by Crippen LogP contribution is 2.36. The maximum Gasteiger partial charge on any atom is 0.275 e. The molecule has 2 aromatic heterocycles. The number of amides is 1. The Morgan fingerprint density at radius 1 is 1.08 bits per heavy atom. The molecule has 134 valence electrons. The van der Waals surface area contributed by atoms with E-state index in [1.54, 1.807) is 23.7 Å². The van der Waals surface area contributed by atoms with Crippen molar-refractivity contribution in [2.45, 2.75) is 13.8 Å². The van der Waals surface area contributed by atoms with Gasteiger partial charge in [0.25, 0.3) is 5.91 Å². The fourth-order valence-electron chi connectivity index (χ4n) is 2.20. The van der Waals surface area contributed by atoms with Crippen molar-refractivity contribution in [3.8, 4) is 5.69 Å². The van der Waals surface area contributed by atoms with E-state index in [4.69, 9.17) is 46.4 Å². The van der Waals surface area contributed by atoms with E-state index < -0.39 is 5.91 Å². The summed E-state index contributed by atoms with van der Waals surface area (Å²) in [5.74, 6) is 0.0243. The normalized spacial score (nSPS) is 10.8. The SMILES string of the molecule is Cc1ccc(NC(=O)c2nc(Cl)c(Cl)c(Cl)c2Cl)cc1-n1nnnc1C. The van der Waals surface area contributed by atoms with Crippen molar-refractivity contribution in [1.29, 1.82) is 0 Å². The van der Waals surface area contributed by atoms with Crippen LogP contribution in [-0.4, -0.2) is 31.1 Å². The molecule has 11 heteroatoms. The zero-order chi connectivity index (χ0) is 19.0. The van der Waals surface area contributed by atoms with E-state index in [0.29, 0.717) is 11.5 Å². The molecule has 2 heterocycles. The van der Waals surface area contributed by atoms with E-state index in [9.17, 15) is 4.79 Å². The molecule has 0 saturated heterocycles. The minimum absolute atomic E-state index is 0.0123. The molecule has 1 aromatic carbocycles. The Morgan fingerprint density at radius 2 is 1.81 bits per heavy atom. The summed E-state index contributed by atoms with van der Waals surface area (Å²) in [5, 5.41) is 13.9. The topological polar surface area (TPSA) is 85.6 Å². The number of halogens is 4. The zero-order valence-electron chi connectivity index (χ0n) is 13.4. The number of nitrogens with one attached hydrogen (secondary N) is 1. The Kier molecular flexibility index (Phi) is 5.34. The van der Waals surface area contributed by atoms with Crippen LogP contribution in [0.5, 0.6) is 0 Å². The van der Waals surface area contributed by atoms with Gasteiger partial charge in [0.05, 0.1) is 20.8 Å². The fraction of sp³-hybridized carbons (Fsp3) is 0.133. The standard InChI is InChI=1S/C15H10Cl4N6O/c1-6-3-4-8(5-9(6)25-7(2)22-23-24-25)20-15(26)13-11(17)10(16)12(18)14(19)21-13/h3-5H,1-2H3,(H,20,26). The molecule has 0 bridgehead atoms. The summed E-state index contributed by atoms with van der Waals surface area (Å²) in [5.41, 5.74) is 2.00. The molecule has 0 aliphatic rings. The molecule has 0 radical (unpaired) electrons. The molecule has 26 heavy (non-hydrogen) atoms. The largest absolute Gasteiger partial charge is 0.321 e. The number of tetrazole rings is 1. The van der Waals surface area contributed by atoms with Crippen LogP contribution in [-0.2, 0) is 0 Å². The first kappa shape index (κ1) is 18.8. The second-order valence-electron chi connectivity index (χ2n) is 5.29. The summed E-state index contributed by atoms with van der Waals surface area (Å²) in [6, 6.07) is 5.27. The van der Waals surface area contributed by atoms with Gasteiger partial charge in [-0.1, -0.05) is 52.5 Å². The number of hydrogen-bond donors (Lipinski definition) is 1. The molecule has 0 aliphatic heterocycles. The highest BCUT2D eigenvalue weighted by atomic mass is 35.5. The third-order valence-corrected chi connectivity index (χ3v) is 5.20. The molecule has 0 unspecified atom stereocenters. The molecule has 1 amide bonds. The first-order valence-electron chi connectivity index (χ1n) is 7.17. The first-order valence-corrected chi connectivity index (χ1v) is 8.68. The number of hydrogen-bond acceptors (Lipinski definition) is 5. The van der Waals surface area contributed by atoms with Crippen molar-refractivity contribution < 1.29 is 4.79 Å². The average Bonchev–Trinajstić information content (AvgIpc) is 3.03. The summed E-state index contributed by atoms with van der Waals surface area (Å²) in [6.45, 7) is 3.67. The lowest BCUT2D eigenvalue weighted by atomic mass is 10.1. The van der Waals surface area contributed by atoms with Crippen LogP contribution in [0.2, 0.25) is 20.2 Å². The highest BCUT2D eigenvalue weighted by molar-refractivity contribution is 6.52. The van der Waals surface area contributed by atoms with Crippen LogP contribution in [0.1, 0.15) is 21.9 Å². The smallest absolute Gasteiger partial charge is 0.275 e. The number of aryl methyl sites for hydroxylation is 2. The lowest BCUT2D eigenvalue weighted by Gasteiger charge is -2.12. The van der Waals surface area contributed by atoms with Crippen LogP contribution in [0.15, 0.2) is 18.2 Å². The maximum atomic E-state index is 12.5. The van der Waals surface area contributed by atoms with Gasteiger partial charge in [-0.25, -0.2) is 4.98 Å².